The first-order valence-corrected chi connectivity index (χ1v) is 22.4. The van der Waals surface area contributed by atoms with Gasteiger partial charge in [0.05, 0.1) is 6.10 Å². The highest BCUT2D eigenvalue weighted by Gasteiger charge is 2.57. The molecule has 1 heterocycles. The van der Waals surface area contributed by atoms with Gasteiger partial charge in [-0.3, -0.25) is 0 Å². The molecule has 0 amide bonds. The summed E-state index contributed by atoms with van der Waals surface area (Å²) in [4.78, 5) is 0. The highest BCUT2D eigenvalue weighted by Crippen LogP contribution is 2.64. The van der Waals surface area contributed by atoms with Crippen LogP contribution < -0.4 is 0 Å². The van der Waals surface area contributed by atoms with Crippen LogP contribution in [0.15, 0.2) is 11.1 Å². The summed E-state index contributed by atoms with van der Waals surface area (Å²) < 4.78 is 6.58. The van der Waals surface area contributed by atoms with Crippen molar-refractivity contribution in [1.29, 1.82) is 0 Å². The molecular weight excluding hydrogens is 721 g/mol. The molecule has 5 rings (SSSR count). The maximum absolute atomic E-state index is 5.42. The molecule has 4 aliphatic carbocycles. The lowest BCUT2D eigenvalue weighted by molar-refractivity contribution is 0.0333. The summed E-state index contributed by atoms with van der Waals surface area (Å²) in [7, 11) is 0. The third-order valence-electron chi connectivity index (χ3n) is 12.5. The van der Waals surface area contributed by atoms with Crippen molar-refractivity contribution in [2.45, 2.75) is 146 Å². The number of hydrogen-bond donors (Lipinski definition) is 0. The van der Waals surface area contributed by atoms with Gasteiger partial charge in [0.15, 0.2) is 0 Å². The summed E-state index contributed by atoms with van der Waals surface area (Å²) >= 11 is 4.70. The van der Waals surface area contributed by atoms with Crippen molar-refractivity contribution in [3.63, 3.8) is 0 Å². The first kappa shape index (κ1) is 36.8. The van der Waals surface area contributed by atoms with Gasteiger partial charge in [0.2, 0.25) is 0 Å². The van der Waals surface area contributed by atoms with Crippen LogP contribution in [-0.2, 0) is 4.74 Å². The average molecular weight is 791 g/mol. The molecule has 4 heteroatoms. The summed E-state index contributed by atoms with van der Waals surface area (Å²) in [5.41, 5.74) is 5.68. The predicted octanol–water partition coefficient (Wildman–Crippen LogP) is 13.2. The van der Waals surface area contributed by atoms with Crippen molar-refractivity contribution in [2.75, 3.05) is 17.7 Å². The van der Waals surface area contributed by atoms with Gasteiger partial charge in [0.25, 0.3) is 0 Å². The minimum atomic E-state index is 0. The topological polar surface area (TPSA) is 9.23 Å². The number of fused-ring (bicyclic) bond motifs is 1. The molecule has 5 aliphatic rings. The zero-order valence-electron chi connectivity index (χ0n) is 27.7. The lowest BCUT2D eigenvalue weighted by Gasteiger charge is -2.36. The number of allylic oxidation sites excluding steroid dienone is 2. The molecule has 234 valence electrons. The normalized spacial score (nSPS) is 34.1. The highest BCUT2D eigenvalue weighted by molar-refractivity contribution is 14.2. The Hall–Kier alpha value is 1.59. The Kier molecular flexibility index (Phi) is 14.7. The Labute approximate surface area is 276 Å². The molecule has 0 N–H and O–H groups in total. The van der Waals surface area contributed by atoms with Gasteiger partial charge in [-0.15, -0.1) is 0 Å². The van der Waals surface area contributed by atoms with E-state index in [1.807, 2.05) is 0 Å². The predicted molar refractivity (Wildman–Crippen MR) is 199 cm³/mol. The second-order valence-corrected chi connectivity index (χ2v) is 20.0. The summed E-state index contributed by atoms with van der Waals surface area (Å²) in [6, 6.07) is 0. The monoisotopic (exact) mass is 790 g/mol. The van der Waals surface area contributed by atoms with Gasteiger partial charge in [0, 0.05) is 13.9 Å². The molecule has 1 saturated heterocycles. The number of rotatable bonds is 1. The Morgan fingerprint density at radius 1 is 0.718 bits per heavy atom. The van der Waals surface area contributed by atoms with Gasteiger partial charge >= 0.3 is 0 Å². The van der Waals surface area contributed by atoms with Crippen molar-refractivity contribution in [2.24, 2.45) is 45.3 Å². The summed E-state index contributed by atoms with van der Waals surface area (Å²) in [6.07, 6.45) is 17.1. The van der Waals surface area contributed by atoms with Crippen molar-refractivity contribution in [3.05, 3.63) is 11.1 Å². The lowest BCUT2D eigenvalue weighted by Crippen LogP contribution is -2.27. The quantitative estimate of drug-likeness (QED) is 0.111. The van der Waals surface area contributed by atoms with Gasteiger partial charge in [-0.05, 0) is 110 Å². The van der Waals surface area contributed by atoms with E-state index in [0.29, 0.717) is 27.8 Å². The Bertz CT molecular complexity index is 737. The SMILES string of the molecule is CC1C(C)(C)C2=C(CCCC2)C1(C)C.CC1C(C)(C)C2CCCCC2C1(C)C.CPI.ICC1CCCCO1.[HH].[HH]. The van der Waals surface area contributed by atoms with E-state index in [2.05, 4.69) is 121 Å². The fourth-order valence-electron chi connectivity index (χ4n) is 9.19. The van der Waals surface area contributed by atoms with Crippen LogP contribution in [0.3, 0.4) is 0 Å². The molecular formula is C35H69I2OP. The molecule has 39 heavy (non-hydrogen) atoms. The summed E-state index contributed by atoms with van der Waals surface area (Å²) in [5, 5.41) is 0. The van der Waals surface area contributed by atoms with E-state index in [9.17, 15) is 0 Å². The molecule has 1 aliphatic heterocycles. The van der Waals surface area contributed by atoms with Crippen LogP contribution in [-0.4, -0.2) is 23.8 Å². The van der Waals surface area contributed by atoms with Gasteiger partial charge < -0.3 is 4.74 Å². The van der Waals surface area contributed by atoms with Crippen molar-refractivity contribution in [1.82, 2.24) is 0 Å². The number of alkyl halides is 1. The number of halogens is 2. The van der Waals surface area contributed by atoms with Crippen LogP contribution in [0.5, 0.6) is 0 Å². The van der Waals surface area contributed by atoms with Crippen molar-refractivity contribution >= 4 is 50.9 Å². The minimum absolute atomic E-state index is 0. The fraction of sp³-hybridized carbons (Fsp3) is 0.943. The molecule has 0 radical (unpaired) electrons. The third kappa shape index (κ3) is 8.40. The molecule has 4 atom stereocenters. The van der Waals surface area contributed by atoms with E-state index in [4.69, 9.17) is 4.74 Å². The fourth-order valence-corrected chi connectivity index (χ4v) is 9.89. The Morgan fingerprint density at radius 2 is 1.13 bits per heavy atom. The minimum Gasteiger partial charge on any atom is -0.377 e. The van der Waals surface area contributed by atoms with Crippen LogP contribution in [0.2, 0.25) is 0 Å². The zero-order valence-corrected chi connectivity index (χ0v) is 33.1. The molecule has 0 bridgehead atoms. The Balaban J connectivity index is 0.000000562. The van der Waals surface area contributed by atoms with E-state index in [1.54, 1.807) is 11.1 Å². The van der Waals surface area contributed by atoms with Crippen LogP contribution in [0.25, 0.3) is 0 Å². The summed E-state index contributed by atoms with van der Waals surface area (Å²) in [5.74, 6) is 3.68. The highest BCUT2D eigenvalue weighted by atomic mass is 127. The molecule has 0 aromatic carbocycles. The summed E-state index contributed by atoms with van der Waals surface area (Å²) in [6.45, 7) is 27.9. The molecule has 0 aromatic rings. The van der Waals surface area contributed by atoms with Gasteiger partial charge in [-0.1, -0.05) is 144 Å². The third-order valence-corrected chi connectivity index (χ3v) is 13.5. The number of ether oxygens (including phenoxy) is 1. The molecule has 4 unspecified atom stereocenters. The molecule has 0 aromatic heterocycles. The van der Waals surface area contributed by atoms with Gasteiger partial charge in [0.1, 0.15) is 0 Å². The first-order chi connectivity index (χ1) is 18.1. The van der Waals surface area contributed by atoms with Crippen molar-refractivity contribution < 1.29 is 7.59 Å². The number of hydrogen-bond acceptors (Lipinski definition) is 1. The van der Waals surface area contributed by atoms with Gasteiger partial charge in [-0.25, -0.2) is 0 Å². The smallest absolute Gasteiger partial charge is 0.0664 e. The second kappa shape index (κ2) is 15.5. The van der Waals surface area contributed by atoms with E-state index < -0.39 is 0 Å². The zero-order chi connectivity index (χ0) is 29.6. The van der Waals surface area contributed by atoms with Crippen LogP contribution >= 0.6 is 50.9 Å². The van der Waals surface area contributed by atoms with Crippen molar-refractivity contribution in [3.8, 4) is 0 Å². The van der Waals surface area contributed by atoms with Crippen LogP contribution in [0.4, 0.5) is 0 Å². The largest absolute Gasteiger partial charge is 0.377 e. The maximum Gasteiger partial charge on any atom is 0.0664 e. The van der Waals surface area contributed by atoms with Crippen LogP contribution in [0.1, 0.15) is 143 Å². The molecule has 3 fully saturated rings. The maximum atomic E-state index is 5.42. The van der Waals surface area contributed by atoms with Gasteiger partial charge in [-0.2, -0.15) is 0 Å². The second-order valence-electron chi connectivity index (χ2n) is 15.5. The standard InChI is InChI=1S/C14H26.C14H24.C6H11IO.CH4IP.2H2/c2*1-10-13(2,3)11-8-6-7-9-12(11)14(10,4)5;7-5-6-3-1-2-4-8-6;1-3-2;;/h10-12H,6-9H2,1-5H3;10H,6-9H2,1-5H3;6H,1-5H2;3H,1H3;2*1H. The first-order valence-electron chi connectivity index (χ1n) is 16.3. The van der Waals surface area contributed by atoms with E-state index in [1.165, 1.54) is 70.6 Å². The Morgan fingerprint density at radius 3 is 1.46 bits per heavy atom. The van der Waals surface area contributed by atoms with E-state index in [-0.39, 0.29) is 2.85 Å². The van der Waals surface area contributed by atoms with E-state index >= 15 is 0 Å². The lowest BCUT2D eigenvalue weighted by atomic mass is 9.69. The molecule has 2 saturated carbocycles. The molecule has 0 spiro atoms. The van der Waals surface area contributed by atoms with Crippen LogP contribution in [0, 0.1) is 45.3 Å². The molecule has 1 nitrogen and oxygen atoms in total. The van der Waals surface area contributed by atoms with E-state index in [0.717, 1.165) is 40.9 Å². The average Bonchev–Trinajstić information content (AvgIpc) is 3.15.